The molecule has 2 aromatic carbocycles. The highest BCUT2D eigenvalue weighted by Gasteiger charge is 2.12. The zero-order valence-electron chi connectivity index (χ0n) is 12.7. The van der Waals surface area contributed by atoms with Crippen molar-refractivity contribution in [1.29, 1.82) is 0 Å². The summed E-state index contributed by atoms with van der Waals surface area (Å²) < 4.78 is 1.76. The molecule has 7 heteroatoms. The van der Waals surface area contributed by atoms with Gasteiger partial charge in [-0.25, -0.2) is 0 Å². The van der Waals surface area contributed by atoms with Crippen LogP contribution in [0.5, 0.6) is 5.75 Å². The Bertz CT molecular complexity index is 849. The molecule has 0 aliphatic heterocycles. The van der Waals surface area contributed by atoms with Gasteiger partial charge in [-0.05, 0) is 23.3 Å². The minimum absolute atomic E-state index is 0.0618. The first kappa shape index (κ1) is 16.0. The van der Waals surface area contributed by atoms with Gasteiger partial charge in [-0.1, -0.05) is 48.0 Å². The van der Waals surface area contributed by atoms with Gasteiger partial charge in [0.15, 0.2) is 0 Å². The topological polar surface area (TPSA) is 80.0 Å². The van der Waals surface area contributed by atoms with Gasteiger partial charge >= 0.3 is 0 Å². The zero-order chi connectivity index (χ0) is 16.9. The number of hydrogen-bond donors (Lipinski definition) is 2. The molecule has 0 radical (unpaired) electrons. The number of benzene rings is 2. The average molecular weight is 343 g/mol. The molecule has 24 heavy (non-hydrogen) atoms. The van der Waals surface area contributed by atoms with Crippen LogP contribution in [0.2, 0.25) is 5.02 Å². The summed E-state index contributed by atoms with van der Waals surface area (Å²) in [6.45, 7) is 0.559. The molecule has 6 nitrogen and oxygen atoms in total. The van der Waals surface area contributed by atoms with Crippen molar-refractivity contribution in [1.82, 2.24) is 14.8 Å². The van der Waals surface area contributed by atoms with Gasteiger partial charge in [0, 0.05) is 5.02 Å². The standard InChI is InChI=1S/C17H15ClN4O2/c18-15-9-14(23)7-6-13(15)8-16(24)20-17-21-19-11-22(17)10-12-4-2-1-3-5-12/h1-7,9,11,23H,8,10H2,(H,20,21,24). The van der Waals surface area contributed by atoms with Gasteiger partial charge in [0.2, 0.25) is 11.9 Å². The fourth-order valence-electron chi connectivity index (χ4n) is 2.27. The lowest BCUT2D eigenvalue weighted by atomic mass is 10.1. The van der Waals surface area contributed by atoms with E-state index in [0.29, 0.717) is 23.1 Å². The second kappa shape index (κ2) is 7.14. The molecule has 1 aromatic heterocycles. The summed E-state index contributed by atoms with van der Waals surface area (Å²) in [4.78, 5) is 12.2. The molecule has 122 valence electrons. The van der Waals surface area contributed by atoms with Gasteiger partial charge < -0.3 is 5.11 Å². The van der Waals surface area contributed by atoms with E-state index in [1.165, 1.54) is 12.1 Å². The van der Waals surface area contributed by atoms with E-state index in [4.69, 9.17) is 11.6 Å². The highest BCUT2D eigenvalue weighted by molar-refractivity contribution is 6.31. The van der Waals surface area contributed by atoms with Crippen LogP contribution in [0, 0.1) is 0 Å². The first-order valence-corrected chi connectivity index (χ1v) is 7.68. The Morgan fingerprint density at radius 1 is 1.21 bits per heavy atom. The van der Waals surface area contributed by atoms with Crippen LogP contribution >= 0.6 is 11.6 Å². The number of phenols is 1. The molecular formula is C17H15ClN4O2. The molecule has 0 fully saturated rings. The van der Waals surface area contributed by atoms with E-state index in [9.17, 15) is 9.90 Å². The number of aromatic nitrogens is 3. The molecule has 1 amide bonds. The molecule has 3 aromatic rings. The molecule has 0 saturated heterocycles. The second-order valence-corrected chi connectivity index (χ2v) is 5.68. The van der Waals surface area contributed by atoms with Crippen molar-refractivity contribution in [2.24, 2.45) is 0 Å². The Balaban J connectivity index is 1.68. The van der Waals surface area contributed by atoms with Crippen LogP contribution in [0.1, 0.15) is 11.1 Å². The normalized spacial score (nSPS) is 10.5. The van der Waals surface area contributed by atoms with Crippen LogP contribution in [0.3, 0.4) is 0 Å². The molecule has 3 rings (SSSR count). The third kappa shape index (κ3) is 3.91. The number of carbonyl (C=O) groups excluding carboxylic acids is 1. The maximum Gasteiger partial charge on any atom is 0.231 e. The Hall–Kier alpha value is -2.86. The number of nitrogens with zero attached hydrogens (tertiary/aromatic N) is 3. The lowest BCUT2D eigenvalue weighted by Gasteiger charge is -2.09. The molecule has 0 saturated carbocycles. The summed E-state index contributed by atoms with van der Waals surface area (Å²) in [6.07, 6.45) is 1.65. The van der Waals surface area contributed by atoms with E-state index in [1.807, 2.05) is 30.3 Å². The maximum absolute atomic E-state index is 12.2. The Morgan fingerprint density at radius 2 is 2.00 bits per heavy atom. The van der Waals surface area contributed by atoms with E-state index in [-0.39, 0.29) is 18.1 Å². The van der Waals surface area contributed by atoms with E-state index in [1.54, 1.807) is 17.0 Å². The monoisotopic (exact) mass is 342 g/mol. The molecule has 0 bridgehead atoms. The smallest absolute Gasteiger partial charge is 0.231 e. The fraction of sp³-hybridized carbons (Fsp3) is 0.118. The first-order chi connectivity index (χ1) is 11.6. The lowest BCUT2D eigenvalue weighted by Crippen LogP contribution is -2.18. The molecule has 0 atom stereocenters. The molecule has 0 unspecified atom stereocenters. The van der Waals surface area contributed by atoms with Crippen LogP contribution in [0.4, 0.5) is 5.95 Å². The van der Waals surface area contributed by atoms with Crippen molar-refractivity contribution in [2.75, 3.05) is 5.32 Å². The quantitative estimate of drug-likeness (QED) is 0.747. The van der Waals surface area contributed by atoms with Gasteiger partial charge in [0.1, 0.15) is 12.1 Å². The highest BCUT2D eigenvalue weighted by atomic mass is 35.5. The van der Waals surface area contributed by atoms with E-state index >= 15 is 0 Å². The number of aromatic hydroxyl groups is 1. The number of anilines is 1. The summed E-state index contributed by atoms with van der Waals surface area (Å²) in [7, 11) is 0. The van der Waals surface area contributed by atoms with Gasteiger partial charge in [-0.3, -0.25) is 14.7 Å². The molecule has 0 aliphatic carbocycles. The Labute approximate surface area is 143 Å². The predicted molar refractivity (Wildman–Crippen MR) is 91.0 cm³/mol. The molecule has 0 aliphatic rings. The van der Waals surface area contributed by atoms with Gasteiger partial charge in [-0.2, -0.15) is 0 Å². The number of carbonyl (C=O) groups is 1. The Kier molecular flexibility index (Phi) is 4.77. The maximum atomic E-state index is 12.2. The van der Waals surface area contributed by atoms with Crippen LogP contribution in [0.15, 0.2) is 54.9 Å². The SMILES string of the molecule is O=C(Cc1ccc(O)cc1Cl)Nc1nncn1Cc1ccccc1. The van der Waals surface area contributed by atoms with Crippen molar-refractivity contribution in [3.63, 3.8) is 0 Å². The molecular weight excluding hydrogens is 328 g/mol. The molecule has 1 heterocycles. The lowest BCUT2D eigenvalue weighted by molar-refractivity contribution is -0.115. The van der Waals surface area contributed by atoms with Gasteiger partial charge in [-0.15, -0.1) is 10.2 Å². The highest BCUT2D eigenvalue weighted by Crippen LogP contribution is 2.22. The number of nitrogens with one attached hydrogen (secondary N) is 1. The van der Waals surface area contributed by atoms with E-state index < -0.39 is 0 Å². The third-order valence-corrected chi connectivity index (χ3v) is 3.80. The van der Waals surface area contributed by atoms with E-state index in [0.717, 1.165) is 5.56 Å². The molecule has 0 spiro atoms. The second-order valence-electron chi connectivity index (χ2n) is 5.27. The van der Waals surface area contributed by atoms with Crippen molar-refractivity contribution < 1.29 is 9.90 Å². The summed E-state index contributed by atoms with van der Waals surface area (Å²) in [5.41, 5.74) is 1.70. The van der Waals surface area contributed by atoms with Crippen molar-refractivity contribution in [3.05, 3.63) is 71.0 Å². The largest absolute Gasteiger partial charge is 0.508 e. The zero-order valence-corrected chi connectivity index (χ0v) is 13.4. The Morgan fingerprint density at radius 3 is 2.75 bits per heavy atom. The van der Waals surface area contributed by atoms with Crippen LogP contribution in [0.25, 0.3) is 0 Å². The summed E-state index contributed by atoms with van der Waals surface area (Å²) in [5.74, 6) is 0.176. The van der Waals surface area contributed by atoms with Crippen LogP contribution in [-0.2, 0) is 17.8 Å². The third-order valence-electron chi connectivity index (χ3n) is 3.45. The summed E-state index contributed by atoms with van der Waals surface area (Å²) in [6, 6.07) is 14.3. The summed E-state index contributed by atoms with van der Waals surface area (Å²) >= 11 is 6.02. The first-order valence-electron chi connectivity index (χ1n) is 7.31. The van der Waals surface area contributed by atoms with Crippen molar-refractivity contribution >= 4 is 23.5 Å². The van der Waals surface area contributed by atoms with Crippen molar-refractivity contribution in [3.8, 4) is 5.75 Å². The van der Waals surface area contributed by atoms with E-state index in [2.05, 4.69) is 15.5 Å². The minimum atomic E-state index is -0.259. The summed E-state index contributed by atoms with van der Waals surface area (Å²) in [5, 5.41) is 20.2. The number of phenolic OH excluding ortho intramolecular Hbond substituents is 1. The predicted octanol–water partition coefficient (Wildman–Crippen LogP) is 2.87. The van der Waals surface area contributed by atoms with Gasteiger partial charge in [0.25, 0.3) is 0 Å². The van der Waals surface area contributed by atoms with Crippen LogP contribution < -0.4 is 5.32 Å². The number of amides is 1. The fourth-order valence-corrected chi connectivity index (χ4v) is 2.51. The van der Waals surface area contributed by atoms with Crippen LogP contribution in [-0.4, -0.2) is 25.8 Å². The molecule has 2 N–H and O–H groups in total. The number of hydrogen-bond acceptors (Lipinski definition) is 4. The average Bonchev–Trinajstić information content (AvgIpc) is 2.98. The minimum Gasteiger partial charge on any atom is -0.508 e. The van der Waals surface area contributed by atoms with Crippen molar-refractivity contribution in [2.45, 2.75) is 13.0 Å². The number of halogens is 1. The van der Waals surface area contributed by atoms with Gasteiger partial charge in [0.05, 0.1) is 13.0 Å². The number of rotatable bonds is 5.